The maximum Gasteiger partial charge on any atom is 0.335 e. The quantitative estimate of drug-likeness (QED) is 0.461. The molecule has 0 amide bonds. The second-order valence-corrected chi connectivity index (χ2v) is 3.65. The van der Waals surface area contributed by atoms with Crippen LogP contribution in [0.3, 0.4) is 0 Å². The Balaban J connectivity index is 2.49. The molecule has 0 aromatic heterocycles. The minimum atomic E-state index is -0.417. The predicted octanol–water partition coefficient (Wildman–Crippen LogP) is 3.13. The Morgan fingerprint density at radius 3 is 2.50 bits per heavy atom. The molecular weight excluding hydrogens is 247 g/mol. The number of hydrogen-bond acceptors (Lipinski definition) is 2. The first-order valence-corrected chi connectivity index (χ1v) is 5.87. The van der Waals surface area contributed by atoms with Crippen molar-refractivity contribution in [1.82, 2.24) is 0 Å². The summed E-state index contributed by atoms with van der Waals surface area (Å²) < 4.78 is 5.08. The van der Waals surface area contributed by atoms with Crippen molar-refractivity contribution in [1.29, 1.82) is 0 Å². The average Bonchev–Trinajstić information content (AvgIpc) is 2.34. The second-order valence-electron chi connectivity index (χ2n) is 3.08. The number of halogens is 2. The molecule has 1 aromatic carbocycles. The number of carbonyl (C=O) groups is 1. The van der Waals surface area contributed by atoms with E-state index in [-0.39, 0.29) is 18.4 Å². The van der Waals surface area contributed by atoms with E-state index in [1.807, 2.05) is 30.3 Å². The van der Waals surface area contributed by atoms with Crippen molar-refractivity contribution in [3.05, 3.63) is 47.5 Å². The van der Waals surface area contributed by atoms with Crippen LogP contribution >= 0.6 is 23.2 Å². The highest BCUT2D eigenvalue weighted by Crippen LogP contribution is 2.06. The fourth-order valence-electron chi connectivity index (χ4n) is 1.10. The fraction of sp³-hybridized carbons (Fsp3) is 0.250. The lowest BCUT2D eigenvalue weighted by atomic mass is 10.2. The van der Waals surface area contributed by atoms with Gasteiger partial charge >= 0.3 is 5.97 Å². The van der Waals surface area contributed by atoms with Crippen molar-refractivity contribution in [3.8, 4) is 0 Å². The number of esters is 1. The molecule has 0 fully saturated rings. The monoisotopic (exact) mass is 258 g/mol. The molecule has 1 aromatic rings. The maximum atomic E-state index is 11.5. The molecule has 0 bridgehead atoms. The van der Waals surface area contributed by atoms with Crippen LogP contribution in [-0.4, -0.2) is 17.7 Å². The largest absolute Gasteiger partial charge is 0.457 e. The molecule has 4 heteroatoms. The predicted molar refractivity (Wildman–Crippen MR) is 65.8 cm³/mol. The Morgan fingerprint density at radius 1 is 1.25 bits per heavy atom. The first-order valence-electron chi connectivity index (χ1n) is 4.80. The van der Waals surface area contributed by atoms with Crippen LogP contribution in [0, 0.1) is 0 Å². The molecule has 0 radical (unpaired) electrons. The lowest BCUT2D eigenvalue weighted by Crippen LogP contribution is -2.09. The Labute approximate surface area is 105 Å². The third kappa shape index (κ3) is 4.25. The van der Waals surface area contributed by atoms with Crippen molar-refractivity contribution in [2.45, 2.75) is 6.61 Å². The minimum absolute atomic E-state index is 0.111. The van der Waals surface area contributed by atoms with Crippen LogP contribution in [0.15, 0.2) is 42.0 Å². The van der Waals surface area contributed by atoms with E-state index < -0.39 is 5.97 Å². The zero-order valence-electron chi connectivity index (χ0n) is 8.66. The van der Waals surface area contributed by atoms with Crippen molar-refractivity contribution in [2.75, 3.05) is 11.8 Å². The Kier molecular flexibility index (Phi) is 5.98. The summed E-state index contributed by atoms with van der Waals surface area (Å²) in [6.45, 7) is 0.246. The standard InChI is InChI=1S/C12H12Cl2O2/c13-7-6-11(8-14)12(15)16-9-10-4-2-1-3-5-10/h1-6H,7-9H2/b11-6+. The summed E-state index contributed by atoms with van der Waals surface area (Å²) in [7, 11) is 0. The van der Waals surface area contributed by atoms with Gasteiger partial charge < -0.3 is 4.74 Å². The van der Waals surface area contributed by atoms with Gasteiger partial charge in [0, 0.05) is 11.5 Å². The molecule has 0 saturated carbocycles. The number of benzene rings is 1. The molecule has 0 N–H and O–H groups in total. The Hall–Kier alpha value is -0.990. The van der Waals surface area contributed by atoms with E-state index >= 15 is 0 Å². The van der Waals surface area contributed by atoms with Gasteiger partial charge in [-0.2, -0.15) is 0 Å². The summed E-state index contributed by atoms with van der Waals surface area (Å²) in [5.41, 5.74) is 1.34. The summed E-state index contributed by atoms with van der Waals surface area (Å²) in [6, 6.07) is 9.46. The summed E-state index contributed by atoms with van der Waals surface area (Å²) in [5, 5.41) is 0. The van der Waals surface area contributed by atoms with Crippen LogP contribution in [0.5, 0.6) is 0 Å². The summed E-state index contributed by atoms with van der Waals surface area (Å²) in [5.74, 6) is -0.0532. The first kappa shape index (κ1) is 13.1. The average molecular weight is 259 g/mol. The molecule has 0 atom stereocenters. The minimum Gasteiger partial charge on any atom is -0.457 e. The van der Waals surface area contributed by atoms with Gasteiger partial charge in [0.05, 0.1) is 5.88 Å². The molecule has 86 valence electrons. The van der Waals surface area contributed by atoms with E-state index in [0.717, 1.165) is 5.56 Å². The molecule has 0 spiro atoms. The van der Waals surface area contributed by atoms with Gasteiger partial charge in [-0.1, -0.05) is 36.4 Å². The number of ether oxygens (including phenoxy) is 1. The number of hydrogen-bond donors (Lipinski definition) is 0. The molecule has 1 rings (SSSR count). The van der Waals surface area contributed by atoms with E-state index in [0.29, 0.717) is 5.57 Å². The number of carbonyl (C=O) groups excluding carboxylic acids is 1. The van der Waals surface area contributed by atoms with E-state index in [1.165, 1.54) is 0 Å². The van der Waals surface area contributed by atoms with Crippen LogP contribution in [0.25, 0.3) is 0 Å². The molecule has 0 saturated heterocycles. The molecule has 0 unspecified atom stereocenters. The lowest BCUT2D eigenvalue weighted by molar-refractivity contribution is -0.140. The van der Waals surface area contributed by atoms with Crippen LogP contribution in [-0.2, 0) is 16.1 Å². The summed E-state index contributed by atoms with van der Waals surface area (Å²) in [4.78, 5) is 11.5. The molecular formula is C12H12Cl2O2. The molecule has 0 aliphatic heterocycles. The highest BCUT2D eigenvalue weighted by molar-refractivity contribution is 6.23. The third-order valence-corrected chi connectivity index (χ3v) is 2.38. The van der Waals surface area contributed by atoms with Crippen LogP contribution in [0.4, 0.5) is 0 Å². The fourth-order valence-corrected chi connectivity index (χ4v) is 1.51. The third-order valence-electron chi connectivity index (χ3n) is 1.94. The van der Waals surface area contributed by atoms with Gasteiger partial charge in [0.1, 0.15) is 6.61 Å². The smallest absolute Gasteiger partial charge is 0.335 e. The second kappa shape index (κ2) is 7.31. The van der Waals surface area contributed by atoms with Crippen molar-refractivity contribution >= 4 is 29.2 Å². The van der Waals surface area contributed by atoms with E-state index in [9.17, 15) is 4.79 Å². The van der Waals surface area contributed by atoms with Gasteiger partial charge in [-0.25, -0.2) is 4.79 Å². The summed E-state index contributed by atoms with van der Waals surface area (Å²) in [6.07, 6.45) is 1.56. The molecule has 0 aliphatic rings. The zero-order chi connectivity index (χ0) is 11.8. The lowest BCUT2D eigenvalue weighted by Gasteiger charge is -2.05. The van der Waals surface area contributed by atoms with Crippen molar-refractivity contribution in [3.63, 3.8) is 0 Å². The van der Waals surface area contributed by atoms with E-state index in [4.69, 9.17) is 27.9 Å². The number of allylic oxidation sites excluding steroid dienone is 1. The van der Waals surface area contributed by atoms with Gasteiger partial charge in [-0.05, 0) is 5.56 Å². The van der Waals surface area contributed by atoms with Crippen LogP contribution in [0.1, 0.15) is 5.56 Å². The SMILES string of the molecule is O=C(OCc1ccccc1)/C(=C/CCl)CCl. The van der Waals surface area contributed by atoms with Gasteiger partial charge in [0.2, 0.25) is 0 Å². The summed E-state index contributed by atoms with van der Waals surface area (Å²) >= 11 is 11.1. The number of rotatable bonds is 5. The first-order chi connectivity index (χ1) is 7.77. The maximum absolute atomic E-state index is 11.5. The van der Waals surface area contributed by atoms with Gasteiger partial charge in [-0.3, -0.25) is 0 Å². The Bertz CT molecular complexity index is 361. The van der Waals surface area contributed by atoms with Gasteiger partial charge in [0.15, 0.2) is 0 Å². The van der Waals surface area contributed by atoms with E-state index in [1.54, 1.807) is 6.08 Å². The number of alkyl halides is 2. The molecule has 0 heterocycles. The highest BCUT2D eigenvalue weighted by Gasteiger charge is 2.09. The molecule has 0 aliphatic carbocycles. The molecule has 16 heavy (non-hydrogen) atoms. The van der Waals surface area contributed by atoms with E-state index in [2.05, 4.69) is 0 Å². The van der Waals surface area contributed by atoms with Crippen LogP contribution < -0.4 is 0 Å². The van der Waals surface area contributed by atoms with Gasteiger partial charge in [-0.15, -0.1) is 23.2 Å². The Morgan fingerprint density at radius 2 is 1.94 bits per heavy atom. The van der Waals surface area contributed by atoms with Crippen molar-refractivity contribution < 1.29 is 9.53 Å². The molecule has 2 nitrogen and oxygen atoms in total. The highest BCUT2D eigenvalue weighted by atomic mass is 35.5. The van der Waals surface area contributed by atoms with Crippen LogP contribution in [0.2, 0.25) is 0 Å². The normalized spacial score (nSPS) is 11.2. The van der Waals surface area contributed by atoms with Crippen molar-refractivity contribution in [2.24, 2.45) is 0 Å². The topological polar surface area (TPSA) is 26.3 Å². The zero-order valence-corrected chi connectivity index (χ0v) is 10.2. The van der Waals surface area contributed by atoms with Gasteiger partial charge in [0.25, 0.3) is 0 Å².